The molecule has 2 aromatic rings. The van der Waals surface area contributed by atoms with E-state index in [1.165, 1.54) is 10.8 Å². The van der Waals surface area contributed by atoms with E-state index in [2.05, 4.69) is 15.1 Å². The SMILES string of the molecule is Cc1nc2ncnn2c(N2CCCC(C(F)(F)F)C2)c1C. The van der Waals surface area contributed by atoms with E-state index in [-0.39, 0.29) is 13.0 Å². The van der Waals surface area contributed by atoms with Crippen LogP contribution >= 0.6 is 0 Å². The highest BCUT2D eigenvalue weighted by Gasteiger charge is 2.42. The molecule has 3 rings (SSSR count). The van der Waals surface area contributed by atoms with Crippen molar-refractivity contribution in [3.63, 3.8) is 0 Å². The van der Waals surface area contributed by atoms with Gasteiger partial charge < -0.3 is 4.90 Å². The number of hydrogen-bond acceptors (Lipinski definition) is 4. The van der Waals surface area contributed by atoms with Crippen LogP contribution in [0.5, 0.6) is 0 Å². The predicted molar refractivity (Wildman–Crippen MR) is 71.2 cm³/mol. The van der Waals surface area contributed by atoms with Gasteiger partial charge in [0.15, 0.2) is 0 Å². The zero-order valence-corrected chi connectivity index (χ0v) is 11.9. The Bertz CT molecular complexity index is 664. The number of aromatic nitrogens is 4. The van der Waals surface area contributed by atoms with Crippen LogP contribution in [0.15, 0.2) is 6.33 Å². The summed E-state index contributed by atoms with van der Waals surface area (Å²) in [5, 5.41) is 4.10. The Hall–Kier alpha value is -1.86. The van der Waals surface area contributed by atoms with Gasteiger partial charge in [-0.3, -0.25) is 0 Å². The molecule has 0 aromatic carbocycles. The molecule has 1 atom stereocenters. The number of alkyl halides is 3. The highest BCUT2D eigenvalue weighted by molar-refractivity contribution is 5.54. The van der Waals surface area contributed by atoms with Crippen LogP contribution < -0.4 is 4.90 Å². The number of rotatable bonds is 1. The van der Waals surface area contributed by atoms with Gasteiger partial charge in [-0.2, -0.15) is 27.8 Å². The lowest BCUT2D eigenvalue weighted by molar-refractivity contribution is -0.176. The molecule has 0 spiro atoms. The maximum atomic E-state index is 13.0. The third-order valence-corrected chi connectivity index (χ3v) is 4.06. The minimum atomic E-state index is -4.16. The van der Waals surface area contributed by atoms with Crippen molar-refractivity contribution >= 4 is 11.6 Å². The number of aryl methyl sites for hydroxylation is 1. The second-order valence-corrected chi connectivity index (χ2v) is 5.44. The fourth-order valence-electron chi connectivity index (χ4n) is 2.82. The standard InChI is InChI=1S/C13H16F3N5/c1-8-9(2)19-12-17-7-18-21(12)11(8)20-5-3-4-10(6-20)13(14,15)16/h7,10H,3-6H2,1-2H3. The van der Waals surface area contributed by atoms with Crippen molar-refractivity contribution in [2.75, 3.05) is 18.0 Å². The smallest absolute Gasteiger partial charge is 0.356 e. The van der Waals surface area contributed by atoms with Crippen molar-refractivity contribution in [2.45, 2.75) is 32.9 Å². The first-order valence-corrected chi connectivity index (χ1v) is 6.86. The summed E-state index contributed by atoms with van der Waals surface area (Å²) in [6, 6.07) is 0. The number of anilines is 1. The van der Waals surface area contributed by atoms with Crippen LogP contribution in [0.1, 0.15) is 24.1 Å². The summed E-state index contributed by atoms with van der Waals surface area (Å²) in [7, 11) is 0. The lowest BCUT2D eigenvalue weighted by atomic mass is 9.97. The first-order valence-electron chi connectivity index (χ1n) is 6.86. The summed E-state index contributed by atoms with van der Waals surface area (Å²) >= 11 is 0. The normalized spacial score (nSPS) is 20.2. The molecule has 0 amide bonds. The molecular weight excluding hydrogens is 283 g/mol. The zero-order chi connectivity index (χ0) is 15.2. The van der Waals surface area contributed by atoms with Gasteiger partial charge in [0.2, 0.25) is 0 Å². The maximum Gasteiger partial charge on any atom is 0.393 e. The molecular formula is C13H16F3N5. The second-order valence-electron chi connectivity index (χ2n) is 5.44. The first kappa shape index (κ1) is 14.1. The molecule has 2 aromatic heterocycles. The van der Waals surface area contributed by atoms with Crippen LogP contribution in [0.3, 0.4) is 0 Å². The topological polar surface area (TPSA) is 46.3 Å². The molecule has 0 saturated carbocycles. The number of nitrogens with zero attached hydrogens (tertiary/aromatic N) is 5. The molecule has 0 bridgehead atoms. The van der Waals surface area contributed by atoms with E-state index in [1.54, 1.807) is 4.90 Å². The molecule has 0 N–H and O–H groups in total. The van der Waals surface area contributed by atoms with E-state index in [9.17, 15) is 13.2 Å². The van der Waals surface area contributed by atoms with E-state index in [4.69, 9.17) is 0 Å². The Morgan fingerprint density at radius 1 is 1.29 bits per heavy atom. The summed E-state index contributed by atoms with van der Waals surface area (Å²) in [6.45, 7) is 4.24. The Morgan fingerprint density at radius 3 is 2.76 bits per heavy atom. The predicted octanol–water partition coefficient (Wildman–Crippen LogP) is 2.52. The molecule has 114 valence electrons. The summed E-state index contributed by atoms with van der Waals surface area (Å²) in [5.74, 6) is -0.205. The third kappa shape index (κ3) is 2.43. The van der Waals surface area contributed by atoms with Crippen molar-refractivity contribution in [1.29, 1.82) is 0 Å². The highest BCUT2D eigenvalue weighted by Crippen LogP contribution is 2.35. The largest absolute Gasteiger partial charge is 0.393 e. The Balaban J connectivity index is 2.03. The van der Waals surface area contributed by atoms with Gasteiger partial charge in [-0.15, -0.1) is 0 Å². The zero-order valence-electron chi connectivity index (χ0n) is 11.9. The highest BCUT2D eigenvalue weighted by atomic mass is 19.4. The molecule has 0 aliphatic carbocycles. The van der Waals surface area contributed by atoms with Gasteiger partial charge in [0.05, 0.1) is 5.92 Å². The van der Waals surface area contributed by atoms with E-state index >= 15 is 0 Å². The van der Waals surface area contributed by atoms with Gasteiger partial charge in [0, 0.05) is 24.3 Å². The minimum absolute atomic E-state index is 0.0389. The number of halogens is 3. The van der Waals surface area contributed by atoms with Gasteiger partial charge in [0.1, 0.15) is 12.1 Å². The van der Waals surface area contributed by atoms with Gasteiger partial charge in [-0.1, -0.05) is 0 Å². The monoisotopic (exact) mass is 299 g/mol. The summed E-state index contributed by atoms with van der Waals surface area (Å²) in [4.78, 5) is 10.1. The molecule has 5 nitrogen and oxygen atoms in total. The Labute approximate surface area is 119 Å². The fourth-order valence-corrected chi connectivity index (χ4v) is 2.82. The molecule has 1 aliphatic heterocycles. The van der Waals surface area contributed by atoms with Crippen LogP contribution in [0, 0.1) is 19.8 Å². The fraction of sp³-hybridized carbons (Fsp3) is 0.615. The van der Waals surface area contributed by atoms with E-state index < -0.39 is 12.1 Å². The lowest BCUT2D eigenvalue weighted by Crippen LogP contribution is -2.43. The maximum absolute atomic E-state index is 13.0. The van der Waals surface area contributed by atoms with Crippen molar-refractivity contribution in [3.8, 4) is 0 Å². The summed E-state index contributed by atoms with van der Waals surface area (Å²) in [6.07, 6.45) is -2.09. The van der Waals surface area contributed by atoms with Crippen LogP contribution in [-0.4, -0.2) is 38.8 Å². The molecule has 1 aliphatic rings. The molecule has 1 saturated heterocycles. The van der Waals surface area contributed by atoms with E-state index in [1.807, 2.05) is 13.8 Å². The molecule has 3 heterocycles. The van der Waals surface area contributed by atoms with Gasteiger partial charge in [0.25, 0.3) is 5.78 Å². The van der Waals surface area contributed by atoms with Crippen LogP contribution in [0.25, 0.3) is 5.78 Å². The van der Waals surface area contributed by atoms with Crippen molar-refractivity contribution < 1.29 is 13.2 Å². The summed E-state index contributed by atoms with van der Waals surface area (Å²) in [5.41, 5.74) is 1.61. The van der Waals surface area contributed by atoms with Gasteiger partial charge in [-0.25, -0.2) is 4.98 Å². The van der Waals surface area contributed by atoms with Crippen molar-refractivity contribution in [2.24, 2.45) is 5.92 Å². The minimum Gasteiger partial charge on any atom is -0.356 e. The van der Waals surface area contributed by atoms with Crippen LogP contribution in [0.2, 0.25) is 0 Å². The molecule has 1 fully saturated rings. The first-order chi connectivity index (χ1) is 9.88. The van der Waals surface area contributed by atoms with E-state index in [0.717, 1.165) is 11.3 Å². The van der Waals surface area contributed by atoms with Crippen molar-refractivity contribution in [3.05, 3.63) is 17.6 Å². The molecule has 21 heavy (non-hydrogen) atoms. The van der Waals surface area contributed by atoms with Crippen LogP contribution in [0.4, 0.5) is 19.0 Å². The van der Waals surface area contributed by atoms with Gasteiger partial charge in [-0.05, 0) is 26.7 Å². The van der Waals surface area contributed by atoms with Crippen molar-refractivity contribution in [1.82, 2.24) is 19.6 Å². The number of piperidine rings is 1. The molecule has 0 radical (unpaired) electrons. The Kier molecular flexibility index (Phi) is 3.26. The molecule has 8 heteroatoms. The number of fused-ring (bicyclic) bond motifs is 1. The quantitative estimate of drug-likeness (QED) is 0.812. The molecule has 1 unspecified atom stereocenters. The summed E-state index contributed by atoms with van der Waals surface area (Å²) < 4.78 is 40.5. The van der Waals surface area contributed by atoms with Crippen LogP contribution in [-0.2, 0) is 0 Å². The second kappa shape index (κ2) is 4.85. The van der Waals surface area contributed by atoms with Gasteiger partial charge >= 0.3 is 6.18 Å². The Morgan fingerprint density at radius 2 is 2.05 bits per heavy atom. The van der Waals surface area contributed by atoms with E-state index in [0.29, 0.717) is 24.6 Å². The number of hydrogen-bond donors (Lipinski definition) is 0. The third-order valence-electron chi connectivity index (χ3n) is 4.06. The average Bonchev–Trinajstić information content (AvgIpc) is 2.87. The average molecular weight is 299 g/mol. The lowest BCUT2D eigenvalue weighted by Gasteiger charge is -2.35.